The SMILES string of the molecule is Cc1onc(-c2ccc(F)cc2)c1C=Cc1cc(C(=O)OC(C)C(N)=O)n(C)n1. The highest BCUT2D eigenvalue weighted by Gasteiger charge is 2.20. The first kappa shape index (κ1) is 20.0. The van der Waals surface area contributed by atoms with Crippen molar-refractivity contribution in [3.63, 3.8) is 0 Å². The molecule has 0 aliphatic heterocycles. The summed E-state index contributed by atoms with van der Waals surface area (Å²) in [4.78, 5) is 23.2. The van der Waals surface area contributed by atoms with Gasteiger partial charge in [-0.05, 0) is 56.3 Å². The maximum absolute atomic E-state index is 13.2. The Hall–Kier alpha value is -3.75. The second kappa shape index (κ2) is 8.09. The first-order chi connectivity index (χ1) is 13.8. The molecule has 1 aromatic carbocycles. The fourth-order valence-electron chi connectivity index (χ4n) is 2.60. The third-order valence-electron chi connectivity index (χ3n) is 4.24. The summed E-state index contributed by atoms with van der Waals surface area (Å²) in [6, 6.07) is 7.43. The summed E-state index contributed by atoms with van der Waals surface area (Å²) >= 11 is 0. The number of aryl methyl sites for hydroxylation is 2. The fraction of sp³-hybridized carbons (Fsp3) is 0.200. The van der Waals surface area contributed by atoms with Crippen LogP contribution in [0.15, 0.2) is 34.9 Å². The van der Waals surface area contributed by atoms with Crippen molar-refractivity contribution in [3.8, 4) is 11.3 Å². The summed E-state index contributed by atoms with van der Waals surface area (Å²) in [7, 11) is 1.58. The number of hydrogen-bond acceptors (Lipinski definition) is 6. The number of primary amides is 1. The van der Waals surface area contributed by atoms with E-state index in [-0.39, 0.29) is 11.5 Å². The minimum atomic E-state index is -1.05. The molecule has 0 fully saturated rings. The number of amides is 1. The molecule has 150 valence electrons. The van der Waals surface area contributed by atoms with E-state index in [4.69, 9.17) is 15.0 Å². The molecule has 2 N–H and O–H groups in total. The van der Waals surface area contributed by atoms with Gasteiger partial charge in [0.25, 0.3) is 5.91 Å². The summed E-state index contributed by atoms with van der Waals surface area (Å²) in [5.74, 6) is -1.22. The minimum absolute atomic E-state index is 0.165. The predicted molar refractivity (Wildman–Crippen MR) is 103 cm³/mol. The van der Waals surface area contributed by atoms with Crippen molar-refractivity contribution in [3.05, 3.63) is 58.9 Å². The third-order valence-corrected chi connectivity index (χ3v) is 4.24. The van der Waals surface area contributed by atoms with E-state index in [2.05, 4.69) is 10.3 Å². The van der Waals surface area contributed by atoms with E-state index in [1.54, 1.807) is 38.3 Å². The molecule has 29 heavy (non-hydrogen) atoms. The highest BCUT2D eigenvalue weighted by Crippen LogP contribution is 2.27. The summed E-state index contributed by atoms with van der Waals surface area (Å²) in [6.07, 6.45) is 2.38. The Labute approximate surface area is 165 Å². The lowest BCUT2D eigenvalue weighted by atomic mass is 10.1. The Morgan fingerprint density at radius 3 is 2.62 bits per heavy atom. The highest BCUT2D eigenvalue weighted by atomic mass is 19.1. The van der Waals surface area contributed by atoms with E-state index >= 15 is 0 Å². The quantitative estimate of drug-likeness (QED) is 0.639. The molecule has 0 aliphatic rings. The van der Waals surface area contributed by atoms with Crippen LogP contribution in [0.5, 0.6) is 0 Å². The largest absolute Gasteiger partial charge is 0.448 e. The molecule has 1 amide bonds. The van der Waals surface area contributed by atoms with Crippen LogP contribution in [0.3, 0.4) is 0 Å². The van der Waals surface area contributed by atoms with Crippen LogP contribution in [-0.2, 0) is 16.6 Å². The molecule has 0 saturated heterocycles. The lowest BCUT2D eigenvalue weighted by Gasteiger charge is -2.08. The number of aromatic nitrogens is 3. The van der Waals surface area contributed by atoms with E-state index in [9.17, 15) is 14.0 Å². The van der Waals surface area contributed by atoms with Crippen molar-refractivity contribution in [1.82, 2.24) is 14.9 Å². The Balaban J connectivity index is 1.85. The average molecular weight is 398 g/mol. The van der Waals surface area contributed by atoms with Gasteiger partial charge in [0.2, 0.25) is 0 Å². The molecule has 1 atom stereocenters. The topological polar surface area (TPSA) is 113 Å². The molecule has 2 heterocycles. The second-order valence-corrected chi connectivity index (χ2v) is 6.37. The molecule has 9 heteroatoms. The highest BCUT2D eigenvalue weighted by molar-refractivity contribution is 5.91. The second-order valence-electron chi connectivity index (χ2n) is 6.37. The fourth-order valence-corrected chi connectivity index (χ4v) is 2.60. The molecule has 0 spiro atoms. The van der Waals surface area contributed by atoms with Crippen LogP contribution in [-0.4, -0.2) is 32.9 Å². The van der Waals surface area contributed by atoms with Crippen LogP contribution in [0.25, 0.3) is 23.4 Å². The van der Waals surface area contributed by atoms with Crippen molar-refractivity contribution in [2.75, 3.05) is 0 Å². The zero-order chi connectivity index (χ0) is 21.1. The molecular weight excluding hydrogens is 379 g/mol. The molecule has 0 radical (unpaired) electrons. The van der Waals surface area contributed by atoms with E-state index in [0.29, 0.717) is 28.3 Å². The molecule has 0 saturated carbocycles. The zero-order valence-corrected chi connectivity index (χ0v) is 16.0. The van der Waals surface area contributed by atoms with Crippen LogP contribution in [0, 0.1) is 12.7 Å². The number of carbonyl (C=O) groups excluding carboxylic acids is 2. The van der Waals surface area contributed by atoms with Gasteiger partial charge in [0.05, 0.1) is 5.69 Å². The smallest absolute Gasteiger partial charge is 0.357 e. The Bertz CT molecular complexity index is 1080. The normalized spacial score (nSPS) is 12.3. The lowest BCUT2D eigenvalue weighted by Crippen LogP contribution is -2.31. The van der Waals surface area contributed by atoms with Gasteiger partial charge in [0, 0.05) is 18.2 Å². The van der Waals surface area contributed by atoms with Crippen molar-refractivity contribution < 1.29 is 23.2 Å². The summed E-state index contributed by atoms with van der Waals surface area (Å²) in [5.41, 5.74) is 7.72. The van der Waals surface area contributed by atoms with Crippen LogP contribution >= 0.6 is 0 Å². The monoisotopic (exact) mass is 398 g/mol. The number of nitrogens with zero attached hydrogens (tertiary/aromatic N) is 3. The number of rotatable bonds is 6. The van der Waals surface area contributed by atoms with Crippen molar-refractivity contribution in [1.29, 1.82) is 0 Å². The van der Waals surface area contributed by atoms with E-state index in [1.165, 1.54) is 29.8 Å². The Morgan fingerprint density at radius 2 is 1.97 bits per heavy atom. The first-order valence-electron chi connectivity index (χ1n) is 8.71. The van der Waals surface area contributed by atoms with Gasteiger partial charge in [-0.15, -0.1) is 0 Å². The standard InChI is InChI=1S/C20H19FN4O4/c1-11-16(18(24-29-11)13-4-6-14(21)7-5-13)9-8-15-10-17(25(3)23-15)20(27)28-12(2)19(22)26/h4-10,12H,1-3H3,(H2,22,26). The molecule has 3 aromatic rings. The number of hydrogen-bond donors (Lipinski definition) is 1. The molecule has 0 aliphatic carbocycles. The molecule has 0 bridgehead atoms. The summed E-state index contributed by atoms with van der Waals surface area (Å²) in [5, 5.41) is 8.28. The van der Waals surface area contributed by atoms with Gasteiger partial charge in [-0.2, -0.15) is 5.10 Å². The maximum atomic E-state index is 13.2. The van der Waals surface area contributed by atoms with Gasteiger partial charge >= 0.3 is 5.97 Å². The first-order valence-corrected chi connectivity index (χ1v) is 8.71. The number of carbonyl (C=O) groups is 2. The minimum Gasteiger partial charge on any atom is -0.448 e. The number of nitrogens with two attached hydrogens (primary N) is 1. The predicted octanol–water partition coefficient (Wildman–Crippen LogP) is 2.72. The maximum Gasteiger partial charge on any atom is 0.357 e. The summed E-state index contributed by atoms with van der Waals surface area (Å²) < 4.78 is 24.8. The van der Waals surface area contributed by atoms with E-state index in [1.807, 2.05) is 0 Å². The van der Waals surface area contributed by atoms with Crippen LogP contribution in [0.2, 0.25) is 0 Å². The summed E-state index contributed by atoms with van der Waals surface area (Å²) in [6.45, 7) is 3.15. The van der Waals surface area contributed by atoms with Crippen molar-refractivity contribution in [2.24, 2.45) is 12.8 Å². The van der Waals surface area contributed by atoms with Crippen molar-refractivity contribution in [2.45, 2.75) is 20.0 Å². The van der Waals surface area contributed by atoms with E-state index < -0.39 is 18.0 Å². The van der Waals surface area contributed by atoms with Crippen LogP contribution in [0.1, 0.15) is 34.4 Å². The van der Waals surface area contributed by atoms with Gasteiger partial charge in [-0.25, -0.2) is 9.18 Å². The molecule has 3 rings (SSSR count). The average Bonchev–Trinajstić information content (AvgIpc) is 3.23. The van der Waals surface area contributed by atoms with Crippen LogP contribution < -0.4 is 5.73 Å². The van der Waals surface area contributed by atoms with Gasteiger partial charge in [-0.1, -0.05) is 5.16 Å². The third kappa shape index (κ3) is 4.40. The Morgan fingerprint density at radius 1 is 1.28 bits per heavy atom. The number of ether oxygens (including phenoxy) is 1. The number of benzene rings is 1. The lowest BCUT2D eigenvalue weighted by molar-refractivity contribution is -0.125. The Kier molecular flexibility index (Phi) is 5.58. The zero-order valence-electron chi connectivity index (χ0n) is 16.0. The molecular formula is C20H19FN4O4. The number of halogens is 1. The van der Waals surface area contributed by atoms with Crippen molar-refractivity contribution >= 4 is 24.0 Å². The van der Waals surface area contributed by atoms with E-state index in [0.717, 1.165) is 0 Å². The van der Waals surface area contributed by atoms with Gasteiger partial charge < -0.3 is 15.0 Å². The van der Waals surface area contributed by atoms with Gasteiger partial charge in [-0.3, -0.25) is 9.48 Å². The molecule has 1 unspecified atom stereocenters. The molecule has 8 nitrogen and oxygen atoms in total. The number of esters is 1. The molecule has 2 aromatic heterocycles. The van der Waals surface area contributed by atoms with Gasteiger partial charge in [0.1, 0.15) is 23.0 Å². The van der Waals surface area contributed by atoms with Crippen LogP contribution in [0.4, 0.5) is 4.39 Å². The van der Waals surface area contributed by atoms with Gasteiger partial charge in [0.15, 0.2) is 6.10 Å².